The Bertz CT molecular complexity index is 961. The Morgan fingerprint density at radius 2 is 2.33 bits per heavy atom. The zero-order valence-electron chi connectivity index (χ0n) is 13.1. The molecule has 0 aliphatic rings. The molecule has 0 amide bonds. The summed E-state index contributed by atoms with van der Waals surface area (Å²) in [5.41, 5.74) is 3.80. The van der Waals surface area contributed by atoms with Crippen LogP contribution in [0.5, 0.6) is 5.75 Å². The summed E-state index contributed by atoms with van der Waals surface area (Å²) in [6, 6.07) is 7.56. The lowest BCUT2D eigenvalue weighted by Crippen LogP contribution is -2.10. The summed E-state index contributed by atoms with van der Waals surface area (Å²) in [5, 5.41) is 11.0. The van der Waals surface area contributed by atoms with Crippen LogP contribution in [0.15, 0.2) is 44.8 Å². The Hall–Kier alpha value is -2.80. The number of benzene rings is 1. The van der Waals surface area contributed by atoms with E-state index in [1.165, 1.54) is 6.20 Å². The summed E-state index contributed by atoms with van der Waals surface area (Å²) in [6.07, 6.45) is 1.38. The number of halogens is 1. The lowest BCUT2D eigenvalue weighted by molar-refractivity contribution is 0.338. The molecule has 3 rings (SSSR count). The minimum absolute atomic E-state index is 0.00946. The summed E-state index contributed by atoms with van der Waals surface area (Å²) >= 11 is 5.89. The molecule has 0 bridgehead atoms. The van der Waals surface area contributed by atoms with Gasteiger partial charge in [0.25, 0.3) is 5.56 Å². The number of nitrogens with zero attached hydrogens (tertiary/aromatic N) is 2. The van der Waals surface area contributed by atoms with Crippen LogP contribution >= 0.6 is 11.6 Å². The maximum absolute atomic E-state index is 11.4. The van der Waals surface area contributed by atoms with Gasteiger partial charge in [0, 0.05) is 5.39 Å². The van der Waals surface area contributed by atoms with Crippen LogP contribution in [0.4, 0.5) is 5.69 Å². The average molecular weight is 347 g/mol. The molecule has 8 heteroatoms. The number of nitrogens with one attached hydrogen (secondary N) is 2. The third-order valence-corrected chi connectivity index (χ3v) is 3.68. The molecule has 0 aliphatic heterocycles. The van der Waals surface area contributed by atoms with Crippen molar-refractivity contribution in [2.45, 2.75) is 13.8 Å². The third-order valence-electron chi connectivity index (χ3n) is 3.30. The first-order chi connectivity index (χ1) is 11.6. The van der Waals surface area contributed by atoms with Crippen molar-refractivity contribution in [1.29, 1.82) is 0 Å². The first-order valence-corrected chi connectivity index (χ1v) is 7.67. The number of anilines is 1. The van der Waals surface area contributed by atoms with Crippen LogP contribution in [-0.4, -0.2) is 22.5 Å². The molecule has 0 atom stereocenters. The van der Waals surface area contributed by atoms with Gasteiger partial charge in [-0.15, -0.1) is 0 Å². The zero-order chi connectivity index (χ0) is 17.1. The number of hydrogen-bond acceptors (Lipinski definition) is 6. The molecule has 24 heavy (non-hydrogen) atoms. The lowest BCUT2D eigenvalue weighted by atomic mass is 10.2. The van der Waals surface area contributed by atoms with E-state index in [-0.39, 0.29) is 5.02 Å². The van der Waals surface area contributed by atoms with Crippen molar-refractivity contribution in [3.63, 3.8) is 0 Å². The molecule has 7 nitrogen and oxygen atoms in total. The monoisotopic (exact) mass is 346 g/mol. The number of hydrazone groups is 1. The highest BCUT2D eigenvalue weighted by Crippen LogP contribution is 2.29. The van der Waals surface area contributed by atoms with E-state index >= 15 is 0 Å². The van der Waals surface area contributed by atoms with Gasteiger partial charge < -0.3 is 9.15 Å². The van der Waals surface area contributed by atoms with Crippen molar-refractivity contribution in [3.05, 3.63) is 51.6 Å². The number of aromatic amines is 1. The maximum atomic E-state index is 11.4. The summed E-state index contributed by atoms with van der Waals surface area (Å²) in [5.74, 6) is 1.27. The number of ether oxygens (including phenoxy) is 1. The second-order valence-corrected chi connectivity index (χ2v) is 5.33. The zero-order valence-corrected chi connectivity index (χ0v) is 13.8. The van der Waals surface area contributed by atoms with E-state index in [0.717, 1.165) is 5.39 Å². The molecule has 0 saturated heterocycles. The molecule has 2 heterocycles. The van der Waals surface area contributed by atoms with Gasteiger partial charge in [-0.1, -0.05) is 23.7 Å². The van der Waals surface area contributed by atoms with E-state index in [4.69, 9.17) is 20.8 Å². The number of aromatic nitrogens is 2. The van der Waals surface area contributed by atoms with E-state index in [1.54, 1.807) is 6.92 Å². The number of H-pyrrole nitrogens is 1. The van der Waals surface area contributed by atoms with E-state index in [9.17, 15) is 4.79 Å². The van der Waals surface area contributed by atoms with Crippen LogP contribution in [0.25, 0.3) is 11.0 Å². The highest BCUT2D eigenvalue weighted by Gasteiger charge is 2.11. The van der Waals surface area contributed by atoms with Gasteiger partial charge in [-0.3, -0.25) is 10.2 Å². The molecule has 0 saturated carbocycles. The molecule has 0 fully saturated rings. The van der Waals surface area contributed by atoms with E-state index < -0.39 is 5.56 Å². The van der Waals surface area contributed by atoms with E-state index in [1.807, 2.05) is 31.2 Å². The number of fused-ring (bicyclic) bond motifs is 1. The predicted octanol–water partition coefficient (Wildman–Crippen LogP) is 3.40. The average Bonchev–Trinajstić information content (AvgIpc) is 3.01. The summed E-state index contributed by atoms with van der Waals surface area (Å²) in [6.45, 7) is 4.25. The van der Waals surface area contributed by atoms with Gasteiger partial charge >= 0.3 is 0 Å². The van der Waals surface area contributed by atoms with Crippen molar-refractivity contribution in [1.82, 2.24) is 10.2 Å². The van der Waals surface area contributed by atoms with Crippen molar-refractivity contribution in [3.8, 4) is 5.75 Å². The van der Waals surface area contributed by atoms with Crippen molar-refractivity contribution >= 4 is 34.0 Å². The van der Waals surface area contributed by atoms with Gasteiger partial charge in [-0.25, -0.2) is 5.10 Å². The molecule has 0 radical (unpaired) electrons. The highest BCUT2D eigenvalue weighted by molar-refractivity contribution is 6.32. The Kier molecular flexibility index (Phi) is 4.52. The fraction of sp³-hybridized carbons (Fsp3) is 0.188. The highest BCUT2D eigenvalue weighted by atomic mass is 35.5. The summed E-state index contributed by atoms with van der Waals surface area (Å²) in [7, 11) is 0. The van der Waals surface area contributed by atoms with Gasteiger partial charge in [-0.05, 0) is 26.0 Å². The quantitative estimate of drug-likeness (QED) is 0.545. The van der Waals surface area contributed by atoms with Gasteiger partial charge in [0.1, 0.15) is 16.4 Å². The molecule has 2 N–H and O–H groups in total. The van der Waals surface area contributed by atoms with Crippen LogP contribution in [-0.2, 0) is 0 Å². The third kappa shape index (κ3) is 3.11. The normalized spacial score (nSPS) is 11.7. The van der Waals surface area contributed by atoms with Crippen LogP contribution in [0, 0.1) is 0 Å². The van der Waals surface area contributed by atoms with Crippen LogP contribution in [0.1, 0.15) is 19.6 Å². The van der Waals surface area contributed by atoms with Crippen molar-refractivity contribution < 1.29 is 9.15 Å². The predicted molar refractivity (Wildman–Crippen MR) is 93.1 cm³/mol. The Morgan fingerprint density at radius 3 is 3.12 bits per heavy atom. The lowest BCUT2D eigenvalue weighted by Gasteiger charge is -2.03. The molecule has 0 spiro atoms. The number of para-hydroxylation sites is 1. The summed E-state index contributed by atoms with van der Waals surface area (Å²) < 4.78 is 11.4. The van der Waals surface area contributed by atoms with Gasteiger partial charge in [0.05, 0.1) is 12.8 Å². The van der Waals surface area contributed by atoms with Crippen molar-refractivity contribution in [2.24, 2.45) is 5.10 Å². The van der Waals surface area contributed by atoms with Crippen molar-refractivity contribution in [2.75, 3.05) is 12.0 Å². The summed E-state index contributed by atoms with van der Waals surface area (Å²) in [4.78, 5) is 11.4. The first kappa shape index (κ1) is 16.1. The van der Waals surface area contributed by atoms with Crippen LogP contribution in [0.3, 0.4) is 0 Å². The van der Waals surface area contributed by atoms with Gasteiger partial charge in [0.15, 0.2) is 17.1 Å². The standard InChI is InChI=1S/C16H15ClN4O3/c1-3-23-12-6-4-5-10-7-13(24-15(10)12)9(2)19-20-11-8-18-21-16(22)14(11)17/h4-8H,3H2,1-2H3,(H2,20,21,22)/b19-9-. The molecule has 0 unspecified atom stereocenters. The maximum Gasteiger partial charge on any atom is 0.285 e. The van der Waals surface area contributed by atoms with Crippen LogP contribution in [0.2, 0.25) is 5.02 Å². The largest absolute Gasteiger partial charge is 0.490 e. The number of furan rings is 1. The fourth-order valence-corrected chi connectivity index (χ4v) is 2.28. The Morgan fingerprint density at radius 1 is 1.50 bits per heavy atom. The second kappa shape index (κ2) is 6.76. The molecular weight excluding hydrogens is 332 g/mol. The minimum atomic E-state index is -0.486. The Balaban J connectivity index is 1.90. The second-order valence-electron chi connectivity index (χ2n) is 4.95. The molecule has 3 aromatic rings. The topological polar surface area (TPSA) is 92.5 Å². The van der Waals surface area contributed by atoms with Gasteiger partial charge in [-0.2, -0.15) is 10.2 Å². The minimum Gasteiger partial charge on any atom is -0.490 e. The van der Waals surface area contributed by atoms with Crippen LogP contribution < -0.4 is 15.7 Å². The Labute approximate surface area is 142 Å². The SMILES string of the molecule is CCOc1cccc2cc(/C(C)=N\Nc3cn[nH]c(=O)c3Cl)oc12. The van der Waals surface area contributed by atoms with E-state index in [2.05, 4.69) is 20.7 Å². The van der Waals surface area contributed by atoms with E-state index in [0.29, 0.717) is 35.1 Å². The number of rotatable bonds is 5. The van der Waals surface area contributed by atoms with Gasteiger partial charge in [0.2, 0.25) is 0 Å². The number of hydrogen-bond donors (Lipinski definition) is 2. The fourth-order valence-electron chi connectivity index (χ4n) is 2.14. The molecule has 0 aliphatic carbocycles. The first-order valence-electron chi connectivity index (χ1n) is 7.29. The molecule has 1 aromatic carbocycles. The molecule has 124 valence electrons. The molecular formula is C16H15ClN4O3. The smallest absolute Gasteiger partial charge is 0.285 e. The molecule has 2 aromatic heterocycles.